The highest BCUT2D eigenvalue weighted by molar-refractivity contribution is 5.61. The van der Waals surface area contributed by atoms with Crippen molar-refractivity contribution in [1.29, 1.82) is 0 Å². The molecule has 1 atom stereocenters. The van der Waals surface area contributed by atoms with E-state index >= 15 is 0 Å². The summed E-state index contributed by atoms with van der Waals surface area (Å²) >= 11 is 0. The lowest BCUT2D eigenvalue weighted by Crippen LogP contribution is -2.49. The van der Waals surface area contributed by atoms with E-state index in [-0.39, 0.29) is 0 Å². The van der Waals surface area contributed by atoms with Gasteiger partial charge in [0.15, 0.2) is 0 Å². The van der Waals surface area contributed by atoms with Gasteiger partial charge in [-0.2, -0.15) is 0 Å². The van der Waals surface area contributed by atoms with E-state index in [1.165, 1.54) is 42.9 Å². The van der Waals surface area contributed by atoms with E-state index in [1.807, 2.05) is 0 Å². The van der Waals surface area contributed by atoms with Crippen LogP contribution in [0.1, 0.15) is 18.1 Å². The fraction of sp³-hybridized carbons (Fsp3) is 0.600. The smallest absolute Gasteiger partial charge is 0.0419 e. The number of nitrogens with one attached hydrogen (secondary N) is 1. The summed E-state index contributed by atoms with van der Waals surface area (Å²) in [5, 5.41) is 3.54. The zero-order chi connectivity index (χ0) is 12.5. The molecule has 1 aromatic rings. The highest BCUT2D eigenvalue weighted by Gasteiger charge is 2.22. The Labute approximate surface area is 110 Å². The van der Waals surface area contributed by atoms with E-state index in [0.717, 1.165) is 13.1 Å². The first kappa shape index (κ1) is 12.0. The van der Waals surface area contributed by atoms with Crippen LogP contribution in [-0.2, 0) is 13.0 Å². The average molecular weight is 245 g/mol. The van der Waals surface area contributed by atoms with Crippen molar-refractivity contribution >= 4 is 5.69 Å². The zero-order valence-corrected chi connectivity index (χ0v) is 11.4. The maximum atomic E-state index is 3.54. The molecule has 3 heteroatoms. The maximum absolute atomic E-state index is 3.54. The lowest BCUT2D eigenvalue weighted by Gasteiger charge is -2.37. The maximum Gasteiger partial charge on any atom is 0.0419 e. The molecule has 0 aromatic heterocycles. The molecule has 1 aromatic carbocycles. The zero-order valence-electron chi connectivity index (χ0n) is 11.4. The summed E-state index contributed by atoms with van der Waals surface area (Å²) in [6.45, 7) is 8.06. The quantitative estimate of drug-likeness (QED) is 0.857. The molecule has 2 aliphatic rings. The molecule has 98 valence electrons. The Hall–Kier alpha value is -1.06. The highest BCUT2D eigenvalue weighted by Crippen LogP contribution is 2.27. The number of nitrogens with zero attached hydrogens (tertiary/aromatic N) is 2. The third kappa shape index (κ3) is 2.25. The molecule has 1 fully saturated rings. The van der Waals surface area contributed by atoms with E-state index in [4.69, 9.17) is 0 Å². The number of fused-ring (bicyclic) bond motifs is 1. The van der Waals surface area contributed by atoms with Crippen molar-refractivity contribution in [3.05, 3.63) is 29.3 Å². The lowest BCUT2D eigenvalue weighted by atomic mass is 10.1. The minimum absolute atomic E-state index is 0.670. The van der Waals surface area contributed by atoms with Gasteiger partial charge < -0.3 is 10.2 Å². The van der Waals surface area contributed by atoms with Crippen molar-refractivity contribution in [1.82, 2.24) is 9.80 Å². The minimum atomic E-state index is 0.670. The van der Waals surface area contributed by atoms with Gasteiger partial charge in [-0.25, -0.2) is 0 Å². The molecule has 0 bridgehead atoms. The van der Waals surface area contributed by atoms with E-state index in [9.17, 15) is 0 Å². The van der Waals surface area contributed by atoms with Crippen LogP contribution in [0, 0.1) is 0 Å². The largest absolute Gasteiger partial charge is 0.384 e. The highest BCUT2D eigenvalue weighted by atomic mass is 15.3. The van der Waals surface area contributed by atoms with Crippen LogP contribution in [0.5, 0.6) is 0 Å². The summed E-state index contributed by atoms with van der Waals surface area (Å²) in [4.78, 5) is 5.03. The van der Waals surface area contributed by atoms with Crippen molar-refractivity contribution in [2.45, 2.75) is 25.9 Å². The van der Waals surface area contributed by atoms with Gasteiger partial charge in [0.05, 0.1) is 0 Å². The number of benzene rings is 1. The van der Waals surface area contributed by atoms with E-state index in [0.29, 0.717) is 6.04 Å². The van der Waals surface area contributed by atoms with E-state index in [2.05, 4.69) is 47.3 Å². The van der Waals surface area contributed by atoms with Crippen LogP contribution in [-0.4, -0.2) is 49.1 Å². The predicted octanol–water partition coefficient (Wildman–Crippen LogP) is 1.79. The van der Waals surface area contributed by atoms with Crippen LogP contribution in [0.25, 0.3) is 0 Å². The number of anilines is 1. The molecule has 1 N–H and O–H groups in total. The summed E-state index contributed by atoms with van der Waals surface area (Å²) in [7, 11) is 2.23. The van der Waals surface area contributed by atoms with Gasteiger partial charge in [-0.3, -0.25) is 4.90 Å². The Kier molecular flexibility index (Phi) is 3.27. The number of likely N-dealkylation sites (N-methyl/N-ethyl adjacent to an activating group) is 1. The normalized spacial score (nSPS) is 24.9. The molecular formula is C15H23N3. The lowest BCUT2D eigenvalue weighted by molar-refractivity contribution is 0.100. The van der Waals surface area contributed by atoms with Crippen molar-refractivity contribution in [2.24, 2.45) is 0 Å². The summed E-state index contributed by atoms with van der Waals surface area (Å²) in [6, 6.07) is 7.41. The predicted molar refractivity (Wildman–Crippen MR) is 76.0 cm³/mol. The van der Waals surface area contributed by atoms with Gasteiger partial charge in [-0.1, -0.05) is 18.2 Å². The summed E-state index contributed by atoms with van der Waals surface area (Å²) < 4.78 is 0. The van der Waals surface area contributed by atoms with Gasteiger partial charge in [0, 0.05) is 44.5 Å². The Balaban J connectivity index is 1.72. The van der Waals surface area contributed by atoms with Crippen molar-refractivity contribution in [2.75, 3.05) is 38.5 Å². The van der Waals surface area contributed by atoms with Gasteiger partial charge in [0.25, 0.3) is 0 Å². The van der Waals surface area contributed by atoms with Crippen LogP contribution in [0.4, 0.5) is 5.69 Å². The summed E-state index contributed by atoms with van der Waals surface area (Å²) in [6.07, 6.45) is 1.18. The fourth-order valence-electron chi connectivity index (χ4n) is 3.05. The van der Waals surface area contributed by atoms with E-state index < -0.39 is 0 Å². The summed E-state index contributed by atoms with van der Waals surface area (Å²) in [5.41, 5.74) is 4.38. The topological polar surface area (TPSA) is 18.5 Å². The molecule has 3 nitrogen and oxygen atoms in total. The number of rotatable bonds is 2. The summed E-state index contributed by atoms with van der Waals surface area (Å²) in [5.74, 6) is 0. The molecular weight excluding hydrogens is 222 g/mol. The SMILES string of the molecule is CC1CN(Cc2cccc3c2NCC3)CCN1C. The molecule has 18 heavy (non-hydrogen) atoms. The second-order valence-corrected chi connectivity index (χ2v) is 5.69. The van der Waals surface area contributed by atoms with Gasteiger partial charge in [0.1, 0.15) is 0 Å². The number of piperazine rings is 1. The molecule has 3 rings (SSSR count). The molecule has 1 unspecified atom stereocenters. The Morgan fingerprint density at radius 1 is 1.33 bits per heavy atom. The average Bonchev–Trinajstić information content (AvgIpc) is 2.83. The van der Waals surface area contributed by atoms with E-state index in [1.54, 1.807) is 0 Å². The molecule has 0 saturated carbocycles. The van der Waals surface area contributed by atoms with Crippen LogP contribution in [0.3, 0.4) is 0 Å². The van der Waals surface area contributed by atoms with Crippen LogP contribution in [0.2, 0.25) is 0 Å². The Bertz CT molecular complexity index is 430. The van der Waals surface area contributed by atoms with Gasteiger partial charge >= 0.3 is 0 Å². The number of hydrogen-bond acceptors (Lipinski definition) is 3. The molecule has 0 aliphatic carbocycles. The first-order valence-corrected chi connectivity index (χ1v) is 7.01. The number of hydrogen-bond donors (Lipinski definition) is 1. The van der Waals surface area contributed by atoms with Crippen molar-refractivity contribution in [3.8, 4) is 0 Å². The molecule has 0 spiro atoms. The van der Waals surface area contributed by atoms with Crippen molar-refractivity contribution < 1.29 is 0 Å². The Morgan fingerprint density at radius 3 is 3.06 bits per heavy atom. The van der Waals surface area contributed by atoms with Crippen LogP contribution >= 0.6 is 0 Å². The third-order valence-electron chi connectivity index (χ3n) is 4.37. The monoisotopic (exact) mass is 245 g/mol. The first-order chi connectivity index (χ1) is 8.74. The van der Waals surface area contributed by atoms with Gasteiger partial charge in [-0.05, 0) is 31.5 Å². The molecule has 1 saturated heterocycles. The molecule has 0 amide bonds. The van der Waals surface area contributed by atoms with Crippen LogP contribution in [0.15, 0.2) is 18.2 Å². The second kappa shape index (κ2) is 4.90. The minimum Gasteiger partial charge on any atom is -0.384 e. The molecule has 2 aliphatic heterocycles. The standard InChI is InChI=1S/C15H23N3/c1-12-10-18(9-8-17(12)2)11-14-5-3-4-13-6-7-16-15(13)14/h3-5,12,16H,6-11H2,1-2H3. The Morgan fingerprint density at radius 2 is 2.22 bits per heavy atom. The van der Waals surface area contributed by atoms with Crippen molar-refractivity contribution in [3.63, 3.8) is 0 Å². The molecule has 2 heterocycles. The fourth-order valence-corrected chi connectivity index (χ4v) is 3.05. The van der Waals surface area contributed by atoms with Gasteiger partial charge in [-0.15, -0.1) is 0 Å². The molecule has 0 radical (unpaired) electrons. The number of para-hydroxylation sites is 1. The first-order valence-electron chi connectivity index (χ1n) is 7.01. The van der Waals surface area contributed by atoms with Gasteiger partial charge in [0.2, 0.25) is 0 Å². The third-order valence-corrected chi connectivity index (χ3v) is 4.37. The van der Waals surface area contributed by atoms with Crippen LogP contribution < -0.4 is 5.32 Å². The second-order valence-electron chi connectivity index (χ2n) is 5.69.